The van der Waals surface area contributed by atoms with Crippen molar-refractivity contribution < 1.29 is 4.39 Å². The molecular formula is C10H7Cl2FN2. The van der Waals surface area contributed by atoms with Gasteiger partial charge in [-0.05, 0) is 12.1 Å². The lowest BCUT2D eigenvalue weighted by Crippen LogP contribution is -1.98. The van der Waals surface area contributed by atoms with Crippen molar-refractivity contribution in [2.45, 2.75) is 6.54 Å². The second kappa shape index (κ2) is 3.93. The minimum atomic E-state index is -0.512. The molecule has 0 saturated carbocycles. The number of aromatic nitrogens is 1. The van der Waals surface area contributed by atoms with E-state index >= 15 is 0 Å². The molecule has 1 aromatic heterocycles. The molecule has 78 valence electrons. The first kappa shape index (κ1) is 10.6. The molecule has 5 heteroatoms. The molecule has 1 heterocycles. The lowest BCUT2D eigenvalue weighted by Gasteiger charge is -2.05. The van der Waals surface area contributed by atoms with Gasteiger partial charge in [0.15, 0.2) is 0 Å². The zero-order valence-electron chi connectivity index (χ0n) is 7.60. The summed E-state index contributed by atoms with van der Waals surface area (Å²) in [7, 11) is 0. The first-order chi connectivity index (χ1) is 7.13. The van der Waals surface area contributed by atoms with E-state index in [9.17, 15) is 4.39 Å². The third-order valence-corrected chi connectivity index (χ3v) is 2.87. The number of fused-ring (bicyclic) bond motifs is 1. The van der Waals surface area contributed by atoms with Gasteiger partial charge in [-0.25, -0.2) is 4.39 Å². The van der Waals surface area contributed by atoms with E-state index in [1.54, 1.807) is 6.20 Å². The molecule has 15 heavy (non-hydrogen) atoms. The molecule has 0 unspecified atom stereocenters. The zero-order chi connectivity index (χ0) is 11.0. The van der Waals surface area contributed by atoms with Crippen LogP contribution in [0.25, 0.3) is 10.9 Å². The summed E-state index contributed by atoms with van der Waals surface area (Å²) in [6.07, 6.45) is 1.57. The summed E-state index contributed by atoms with van der Waals surface area (Å²) < 4.78 is 13.2. The van der Waals surface area contributed by atoms with E-state index in [1.807, 2.05) is 0 Å². The number of benzene rings is 1. The molecule has 0 aliphatic rings. The van der Waals surface area contributed by atoms with Gasteiger partial charge in [0.1, 0.15) is 5.82 Å². The maximum absolute atomic E-state index is 13.2. The highest BCUT2D eigenvalue weighted by Crippen LogP contribution is 2.29. The van der Waals surface area contributed by atoms with Crippen molar-refractivity contribution in [3.8, 4) is 0 Å². The summed E-state index contributed by atoms with van der Waals surface area (Å²) in [6.45, 7) is 0.270. The van der Waals surface area contributed by atoms with Crippen LogP contribution >= 0.6 is 23.2 Å². The topological polar surface area (TPSA) is 38.9 Å². The lowest BCUT2D eigenvalue weighted by molar-refractivity contribution is 0.630. The second-order valence-corrected chi connectivity index (χ2v) is 3.87. The predicted octanol–water partition coefficient (Wildman–Crippen LogP) is 3.14. The molecule has 0 spiro atoms. The van der Waals surface area contributed by atoms with Crippen LogP contribution < -0.4 is 5.73 Å². The van der Waals surface area contributed by atoms with Gasteiger partial charge in [-0.15, -0.1) is 0 Å². The van der Waals surface area contributed by atoms with Crippen molar-refractivity contribution in [2.24, 2.45) is 5.73 Å². The minimum Gasteiger partial charge on any atom is -0.326 e. The van der Waals surface area contributed by atoms with E-state index in [0.29, 0.717) is 21.5 Å². The van der Waals surface area contributed by atoms with Crippen LogP contribution in [0.1, 0.15) is 5.56 Å². The third-order valence-electron chi connectivity index (χ3n) is 2.14. The van der Waals surface area contributed by atoms with E-state index < -0.39 is 5.82 Å². The molecule has 2 aromatic rings. The molecule has 0 saturated heterocycles. The Morgan fingerprint density at radius 1 is 1.33 bits per heavy atom. The normalized spacial score (nSPS) is 10.9. The summed E-state index contributed by atoms with van der Waals surface area (Å²) >= 11 is 11.7. The highest BCUT2D eigenvalue weighted by Gasteiger charge is 2.09. The van der Waals surface area contributed by atoms with E-state index in [0.717, 1.165) is 0 Å². The van der Waals surface area contributed by atoms with Crippen LogP contribution in [0.3, 0.4) is 0 Å². The third kappa shape index (κ3) is 1.78. The predicted molar refractivity (Wildman–Crippen MR) is 59.6 cm³/mol. The Kier molecular flexibility index (Phi) is 2.78. The number of hydrogen-bond acceptors (Lipinski definition) is 2. The highest BCUT2D eigenvalue weighted by atomic mass is 35.5. The smallest absolute Gasteiger partial charge is 0.142 e. The molecule has 1 aromatic carbocycles. The average molecular weight is 245 g/mol. The Morgan fingerprint density at radius 3 is 2.73 bits per heavy atom. The van der Waals surface area contributed by atoms with Gasteiger partial charge in [0.05, 0.1) is 15.6 Å². The lowest BCUT2D eigenvalue weighted by atomic mass is 10.1. The van der Waals surface area contributed by atoms with Crippen LogP contribution in [0.15, 0.2) is 18.3 Å². The van der Waals surface area contributed by atoms with Gasteiger partial charge in [-0.1, -0.05) is 23.2 Å². The number of nitrogens with two attached hydrogens (primary N) is 1. The van der Waals surface area contributed by atoms with Crippen LogP contribution in [0, 0.1) is 5.82 Å². The standard InChI is InChI=1S/C10H7Cl2FN2/c11-7-2-9-6(1-8(7)13)10(12)5(3-14)4-15-9/h1-2,4H,3,14H2. The van der Waals surface area contributed by atoms with Crippen LogP contribution in [0.2, 0.25) is 10.0 Å². The first-order valence-corrected chi connectivity index (χ1v) is 5.01. The number of nitrogens with zero attached hydrogens (tertiary/aromatic N) is 1. The number of hydrogen-bond donors (Lipinski definition) is 1. The largest absolute Gasteiger partial charge is 0.326 e. The highest BCUT2D eigenvalue weighted by molar-refractivity contribution is 6.36. The van der Waals surface area contributed by atoms with Gasteiger partial charge in [-0.3, -0.25) is 4.98 Å². The summed E-state index contributed by atoms with van der Waals surface area (Å²) in [5.41, 5.74) is 6.71. The molecule has 0 bridgehead atoms. The van der Waals surface area contributed by atoms with Crippen LogP contribution in [-0.2, 0) is 6.54 Å². The van der Waals surface area contributed by atoms with E-state index in [2.05, 4.69) is 4.98 Å². The molecule has 0 atom stereocenters. The minimum absolute atomic E-state index is 0.0339. The first-order valence-electron chi connectivity index (χ1n) is 4.25. The second-order valence-electron chi connectivity index (χ2n) is 3.09. The fourth-order valence-electron chi connectivity index (χ4n) is 1.34. The Balaban J connectivity index is 2.81. The van der Waals surface area contributed by atoms with Gasteiger partial charge < -0.3 is 5.73 Å². The van der Waals surface area contributed by atoms with Gasteiger partial charge in [0, 0.05) is 23.7 Å². The maximum Gasteiger partial charge on any atom is 0.142 e. The van der Waals surface area contributed by atoms with Crippen molar-refractivity contribution in [1.29, 1.82) is 0 Å². The summed E-state index contributed by atoms with van der Waals surface area (Å²) in [5.74, 6) is -0.512. The Labute approximate surface area is 95.8 Å². The van der Waals surface area contributed by atoms with Crippen molar-refractivity contribution in [3.05, 3.63) is 39.8 Å². The van der Waals surface area contributed by atoms with E-state index in [1.165, 1.54) is 12.1 Å². The average Bonchev–Trinajstić information content (AvgIpc) is 2.22. The molecule has 0 aliphatic carbocycles. The van der Waals surface area contributed by atoms with E-state index in [-0.39, 0.29) is 11.6 Å². The SMILES string of the molecule is NCc1cnc2cc(Cl)c(F)cc2c1Cl. The van der Waals surface area contributed by atoms with Crippen LogP contribution in [-0.4, -0.2) is 4.98 Å². The fourth-order valence-corrected chi connectivity index (χ4v) is 1.77. The van der Waals surface area contributed by atoms with Crippen molar-refractivity contribution in [1.82, 2.24) is 4.98 Å². The van der Waals surface area contributed by atoms with Gasteiger partial charge >= 0.3 is 0 Å². The van der Waals surface area contributed by atoms with Crippen molar-refractivity contribution in [2.75, 3.05) is 0 Å². The Morgan fingerprint density at radius 2 is 2.07 bits per heavy atom. The molecule has 0 radical (unpaired) electrons. The van der Waals surface area contributed by atoms with E-state index in [4.69, 9.17) is 28.9 Å². The van der Waals surface area contributed by atoms with Crippen LogP contribution in [0.5, 0.6) is 0 Å². The molecule has 0 aliphatic heterocycles. The molecule has 0 amide bonds. The molecule has 2 nitrogen and oxygen atoms in total. The fraction of sp³-hybridized carbons (Fsp3) is 0.100. The monoisotopic (exact) mass is 244 g/mol. The maximum atomic E-state index is 13.2. The molecular weight excluding hydrogens is 238 g/mol. The number of halogens is 3. The molecule has 2 N–H and O–H groups in total. The van der Waals surface area contributed by atoms with Gasteiger partial charge in [-0.2, -0.15) is 0 Å². The summed E-state index contributed by atoms with van der Waals surface area (Å²) in [5, 5.41) is 0.992. The van der Waals surface area contributed by atoms with Crippen molar-refractivity contribution >= 4 is 34.1 Å². The summed E-state index contributed by atoms with van der Waals surface area (Å²) in [4.78, 5) is 4.10. The van der Waals surface area contributed by atoms with Crippen molar-refractivity contribution in [3.63, 3.8) is 0 Å². The Hall–Kier alpha value is -0.900. The number of rotatable bonds is 1. The number of pyridine rings is 1. The van der Waals surface area contributed by atoms with Gasteiger partial charge in [0.2, 0.25) is 0 Å². The quantitative estimate of drug-likeness (QED) is 0.838. The van der Waals surface area contributed by atoms with Gasteiger partial charge in [0.25, 0.3) is 0 Å². The van der Waals surface area contributed by atoms with Crippen LogP contribution in [0.4, 0.5) is 4.39 Å². The molecule has 2 rings (SSSR count). The Bertz CT molecular complexity index is 528. The summed E-state index contributed by atoms with van der Waals surface area (Å²) in [6, 6.07) is 2.71. The zero-order valence-corrected chi connectivity index (χ0v) is 9.11. The molecule has 0 fully saturated rings.